The van der Waals surface area contributed by atoms with Crippen molar-refractivity contribution >= 4 is 11.8 Å². The molecule has 0 aromatic heterocycles. The number of nitrogens with zero attached hydrogens (tertiary/aromatic N) is 1. The van der Waals surface area contributed by atoms with E-state index in [1.807, 2.05) is 0 Å². The van der Waals surface area contributed by atoms with Gasteiger partial charge in [-0.1, -0.05) is 13.8 Å². The van der Waals surface area contributed by atoms with Crippen LogP contribution in [0.4, 0.5) is 4.79 Å². The molecule has 6 heteroatoms. The van der Waals surface area contributed by atoms with Crippen LogP contribution in [0, 0.1) is 5.92 Å². The van der Waals surface area contributed by atoms with E-state index in [9.17, 15) is 9.59 Å². The SMILES string of the molecule is CC(C)C(=O)CN1NNNC1=O. The van der Waals surface area contributed by atoms with Crippen molar-refractivity contribution in [1.29, 1.82) is 0 Å². The first kappa shape index (κ1) is 8.95. The van der Waals surface area contributed by atoms with Crippen LogP contribution in [0.1, 0.15) is 13.8 Å². The van der Waals surface area contributed by atoms with Crippen molar-refractivity contribution in [2.45, 2.75) is 13.8 Å². The molecule has 0 aliphatic carbocycles. The number of hydrogen-bond donors (Lipinski definition) is 3. The van der Waals surface area contributed by atoms with Gasteiger partial charge in [0.2, 0.25) is 0 Å². The van der Waals surface area contributed by atoms with E-state index in [0.717, 1.165) is 0 Å². The average molecular weight is 172 g/mol. The van der Waals surface area contributed by atoms with E-state index in [1.54, 1.807) is 13.8 Å². The van der Waals surface area contributed by atoms with E-state index < -0.39 is 0 Å². The summed E-state index contributed by atoms with van der Waals surface area (Å²) in [5.41, 5.74) is 7.17. The number of nitrogens with one attached hydrogen (secondary N) is 3. The zero-order valence-corrected chi connectivity index (χ0v) is 7.05. The molecule has 2 amide bonds. The molecule has 1 aliphatic rings. The van der Waals surface area contributed by atoms with E-state index in [2.05, 4.69) is 16.5 Å². The molecule has 1 rings (SSSR count). The molecule has 6 nitrogen and oxygen atoms in total. The van der Waals surface area contributed by atoms with Crippen LogP contribution in [-0.4, -0.2) is 23.4 Å². The van der Waals surface area contributed by atoms with E-state index in [-0.39, 0.29) is 24.3 Å². The molecule has 0 atom stereocenters. The number of rotatable bonds is 3. The summed E-state index contributed by atoms with van der Waals surface area (Å²) in [6.07, 6.45) is 0. The fourth-order valence-electron chi connectivity index (χ4n) is 0.717. The first-order valence-electron chi connectivity index (χ1n) is 3.72. The molecule has 3 N–H and O–H groups in total. The normalized spacial score (nSPS) is 16.9. The molecule has 0 saturated carbocycles. The molecular weight excluding hydrogens is 160 g/mol. The van der Waals surface area contributed by atoms with Crippen molar-refractivity contribution in [3.63, 3.8) is 0 Å². The molecule has 0 aromatic carbocycles. The van der Waals surface area contributed by atoms with Gasteiger partial charge in [0.05, 0.1) is 6.54 Å². The molecule has 1 fully saturated rings. The molecular formula is C6H12N4O2. The zero-order chi connectivity index (χ0) is 9.14. The number of carbonyl (C=O) groups excluding carboxylic acids is 2. The zero-order valence-electron chi connectivity index (χ0n) is 7.05. The Morgan fingerprint density at radius 2 is 2.25 bits per heavy atom. The van der Waals surface area contributed by atoms with Crippen LogP contribution in [-0.2, 0) is 4.79 Å². The molecule has 0 unspecified atom stereocenters. The van der Waals surface area contributed by atoms with Gasteiger partial charge >= 0.3 is 6.03 Å². The Hall–Kier alpha value is -1.14. The number of urea groups is 1. The minimum Gasteiger partial charge on any atom is -0.297 e. The number of hydrogen-bond acceptors (Lipinski definition) is 4. The molecule has 0 aromatic rings. The van der Waals surface area contributed by atoms with Crippen molar-refractivity contribution in [3.8, 4) is 0 Å². The maximum atomic E-state index is 11.2. The van der Waals surface area contributed by atoms with Crippen LogP contribution in [0.25, 0.3) is 0 Å². The van der Waals surface area contributed by atoms with E-state index in [1.165, 1.54) is 5.01 Å². The molecule has 0 radical (unpaired) electrons. The summed E-state index contributed by atoms with van der Waals surface area (Å²) in [7, 11) is 0. The van der Waals surface area contributed by atoms with Gasteiger partial charge in [0.15, 0.2) is 5.78 Å². The lowest BCUT2D eigenvalue weighted by Gasteiger charge is -2.12. The lowest BCUT2D eigenvalue weighted by Crippen LogP contribution is -2.41. The smallest absolute Gasteiger partial charge is 0.297 e. The minimum atomic E-state index is -0.344. The van der Waals surface area contributed by atoms with Gasteiger partial charge in [-0.2, -0.15) is 0 Å². The summed E-state index contributed by atoms with van der Waals surface area (Å²) in [5, 5.41) is 1.18. The number of amides is 2. The van der Waals surface area contributed by atoms with Crippen LogP contribution in [0.3, 0.4) is 0 Å². The molecule has 12 heavy (non-hydrogen) atoms. The monoisotopic (exact) mass is 172 g/mol. The van der Waals surface area contributed by atoms with Crippen LogP contribution >= 0.6 is 0 Å². The van der Waals surface area contributed by atoms with Gasteiger partial charge in [0.25, 0.3) is 0 Å². The quantitative estimate of drug-likeness (QED) is 0.519. The van der Waals surface area contributed by atoms with Crippen LogP contribution < -0.4 is 16.5 Å². The number of carbonyl (C=O) groups is 2. The Kier molecular flexibility index (Phi) is 2.61. The van der Waals surface area contributed by atoms with Crippen molar-refractivity contribution in [2.75, 3.05) is 6.54 Å². The predicted octanol–water partition coefficient (Wildman–Crippen LogP) is -0.839. The van der Waals surface area contributed by atoms with Gasteiger partial charge in [0.1, 0.15) is 0 Å². The Morgan fingerprint density at radius 3 is 2.67 bits per heavy atom. The number of ketones is 1. The van der Waals surface area contributed by atoms with E-state index >= 15 is 0 Å². The highest BCUT2D eigenvalue weighted by Crippen LogP contribution is 1.97. The van der Waals surface area contributed by atoms with Crippen molar-refractivity contribution in [3.05, 3.63) is 0 Å². The summed E-state index contributed by atoms with van der Waals surface area (Å²) in [6, 6.07) is -0.344. The third kappa shape index (κ3) is 1.93. The van der Waals surface area contributed by atoms with Crippen LogP contribution in [0.5, 0.6) is 0 Å². The van der Waals surface area contributed by atoms with Gasteiger partial charge in [-0.3, -0.25) is 10.2 Å². The second-order valence-electron chi connectivity index (χ2n) is 2.87. The molecule has 1 heterocycles. The first-order valence-corrected chi connectivity index (χ1v) is 3.72. The fourth-order valence-corrected chi connectivity index (χ4v) is 0.717. The van der Waals surface area contributed by atoms with Gasteiger partial charge < -0.3 is 0 Å². The molecule has 68 valence electrons. The summed E-state index contributed by atoms with van der Waals surface area (Å²) in [5.74, 6) is -0.0402. The third-order valence-corrected chi connectivity index (χ3v) is 1.56. The van der Waals surface area contributed by atoms with Gasteiger partial charge in [-0.25, -0.2) is 9.80 Å². The van der Waals surface area contributed by atoms with Gasteiger partial charge in [-0.15, -0.1) is 11.1 Å². The highest BCUT2D eigenvalue weighted by molar-refractivity contribution is 5.86. The maximum Gasteiger partial charge on any atom is 0.348 e. The highest BCUT2D eigenvalue weighted by Gasteiger charge is 2.22. The van der Waals surface area contributed by atoms with E-state index in [0.29, 0.717) is 0 Å². The predicted molar refractivity (Wildman–Crippen MR) is 41.4 cm³/mol. The Labute approximate surface area is 70.2 Å². The maximum absolute atomic E-state index is 11.2. The molecule has 0 spiro atoms. The Bertz CT molecular complexity index is 204. The number of Topliss-reactive ketones (excluding diaryl/α,β-unsaturated/α-hetero) is 1. The van der Waals surface area contributed by atoms with Crippen molar-refractivity contribution in [2.24, 2.45) is 5.92 Å². The summed E-state index contributed by atoms with van der Waals surface area (Å²) in [6.45, 7) is 3.67. The Balaban J connectivity index is 2.40. The topological polar surface area (TPSA) is 73.5 Å². The summed E-state index contributed by atoms with van der Waals surface area (Å²) < 4.78 is 0. The highest BCUT2D eigenvalue weighted by atomic mass is 16.2. The van der Waals surface area contributed by atoms with E-state index in [4.69, 9.17) is 0 Å². The minimum absolute atomic E-state index is 0.0151. The second kappa shape index (κ2) is 3.51. The second-order valence-corrected chi connectivity index (χ2v) is 2.87. The lowest BCUT2D eigenvalue weighted by molar-refractivity contribution is -0.122. The van der Waals surface area contributed by atoms with Gasteiger partial charge in [-0.05, 0) is 0 Å². The lowest BCUT2D eigenvalue weighted by atomic mass is 10.1. The molecule has 1 saturated heterocycles. The Morgan fingerprint density at radius 1 is 1.58 bits per heavy atom. The molecule has 0 bridgehead atoms. The van der Waals surface area contributed by atoms with Gasteiger partial charge in [0, 0.05) is 5.92 Å². The number of hydrazine groups is 3. The third-order valence-electron chi connectivity index (χ3n) is 1.56. The largest absolute Gasteiger partial charge is 0.348 e. The first-order chi connectivity index (χ1) is 5.61. The average Bonchev–Trinajstić information content (AvgIpc) is 2.36. The summed E-state index contributed by atoms with van der Waals surface area (Å²) in [4.78, 5) is 22.0. The van der Waals surface area contributed by atoms with Crippen molar-refractivity contribution < 1.29 is 9.59 Å². The fraction of sp³-hybridized carbons (Fsp3) is 0.667. The van der Waals surface area contributed by atoms with Crippen LogP contribution in [0.15, 0.2) is 0 Å². The molecule has 1 aliphatic heterocycles. The summed E-state index contributed by atoms with van der Waals surface area (Å²) >= 11 is 0. The van der Waals surface area contributed by atoms with Crippen molar-refractivity contribution in [1.82, 2.24) is 21.5 Å². The van der Waals surface area contributed by atoms with Crippen LogP contribution in [0.2, 0.25) is 0 Å². The standard InChI is InChI=1S/C6H12N4O2/c1-4(2)5(11)3-10-6(12)7-8-9-10/h4,8-9H,3H2,1-2H3,(H,7,12).